The van der Waals surface area contributed by atoms with E-state index in [4.69, 9.17) is 0 Å². The van der Waals surface area contributed by atoms with Crippen LogP contribution in [0, 0.1) is 40.9 Å². The number of aliphatic hydroxyl groups is 1. The molecule has 1 aromatic rings. The van der Waals surface area contributed by atoms with Crippen molar-refractivity contribution in [2.24, 2.45) is 40.9 Å². The summed E-state index contributed by atoms with van der Waals surface area (Å²) in [4.78, 5) is 15.2. The Bertz CT molecular complexity index is 835. The van der Waals surface area contributed by atoms with Crippen molar-refractivity contribution < 1.29 is 9.90 Å². The highest BCUT2D eigenvalue weighted by molar-refractivity contribution is 5.94. The van der Waals surface area contributed by atoms with Gasteiger partial charge >= 0.3 is 0 Å². The smallest absolute Gasteiger partial charge is 0.253 e. The van der Waals surface area contributed by atoms with Gasteiger partial charge in [-0.05, 0) is 125 Å². The highest BCUT2D eigenvalue weighted by atomic mass is 16.3. The first-order chi connectivity index (χ1) is 15.2. The minimum atomic E-state index is -0.430. The molecule has 9 atom stereocenters. The number of hydrogen-bond donors (Lipinski definition) is 1. The number of nitrogens with zero attached hydrogens (tertiary/aromatic N) is 1. The number of amides is 1. The zero-order valence-electron chi connectivity index (χ0n) is 20.6. The number of carbonyl (C=O) groups excluding carboxylic acids is 1. The fourth-order valence-electron chi connectivity index (χ4n) is 9.15. The fourth-order valence-corrected chi connectivity index (χ4v) is 9.15. The Hall–Kier alpha value is -1.35. The predicted octanol–water partition coefficient (Wildman–Crippen LogP) is 6.17. The standard InChI is InChI=1S/C29H43NO2/c1-19(30(4)27(31)20-8-6-5-7-9-20)25-12-13-26-24-11-10-21-18-28(2,32)16-14-22(21)23(24)15-17-29(25,26)3/h5-9,19,21-26,32H,10-18H2,1-4H3/t19?,21-,22+,23-,24-,25-,26+,28-,29-/m1/s1. The van der Waals surface area contributed by atoms with Gasteiger partial charge in [-0.2, -0.15) is 0 Å². The van der Waals surface area contributed by atoms with Crippen molar-refractivity contribution in [1.29, 1.82) is 0 Å². The third-order valence-corrected chi connectivity index (χ3v) is 10.8. The van der Waals surface area contributed by atoms with Crippen LogP contribution in [0.25, 0.3) is 0 Å². The normalized spacial score (nSPS) is 44.2. The number of rotatable bonds is 3. The molecule has 0 heterocycles. The van der Waals surface area contributed by atoms with Crippen molar-refractivity contribution in [2.45, 2.75) is 90.2 Å². The Morgan fingerprint density at radius 3 is 2.44 bits per heavy atom. The van der Waals surface area contributed by atoms with Gasteiger partial charge in [0.05, 0.1) is 5.60 Å². The SMILES string of the molecule is CC([C@H]1CC[C@H]2[C@@H]3CC[C@@H]4C[C@](C)(O)CC[C@@H]4[C@H]3CC[C@]12C)N(C)C(=O)c1ccccc1. The van der Waals surface area contributed by atoms with Crippen molar-refractivity contribution in [3.8, 4) is 0 Å². The van der Waals surface area contributed by atoms with Crippen molar-refractivity contribution in [3.63, 3.8) is 0 Å². The van der Waals surface area contributed by atoms with E-state index in [0.717, 1.165) is 48.0 Å². The Morgan fingerprint density at radius 2 is 1.69 bits per heavy atom. The quantitative estimate of drug-likeness (QED) is 0.614. The second kappa shape index (κ2) is 8.15. The first-order valence-electron chi connectivity index (χ1n) is 13.3. The molecule has 1 amide bonds. The van der Waals surface area contributed by atoms with Crippen LogP contribution in [0.3, 0.4) is 0 Å². The van der Waals surface area contributed by atoms with Gasteiger partial charge in [-0.3, -0.25) is 4.79 Å². The third-order valence-electron chi connectivity index (χ3n) is 10.8. The number of fused-ring (bicyclic) bond motifs is 5. The molecule has 4 fully saturated rings. The first kappa shape index (κ1) is 22.4. The molecule has 3 nitrogen and oxygen atoms in total. The van der Waals surface area contributed by atoms with E-state index in [0.29, 0.717) is 11.3 Å². The zero-order chi connectivity index (χ0) is 22.7. The minimum absolute atomic E-state index is 0.161. The molecule has 0 aromatic heterocycles. The Labute approximate surface area is 195 Å². The van der Waals surface area contributed by atoms with Gasteiger partial charge < -0.3 is 10.0 Å². The lowest BCUT2D eigenvalue weighted by Gasteiger charge is -2.57. The lowest BCUT2D eigenvalue weighted by molar-refractivity contribution is -0.103. The van der Waals surface area contributed by atoms with Crippen molar-refractivity contribution in [1.82, 2.24) is 4.90 Å². The summed E-state index contributed by atoms with van der Waals surface area (Å²) in [6.07, 6.45) is 11.2. The van der Waals surface area contributed by atoms with Crippen LogP contribution in [-0.2, 0) is 0 Å². The van der Waals surface area contributed by atoms with Gasteiger partial charge in [0.15, 0.2) is 0 Å². The van der Waals surface area contributed by atoms with Gasteiger partial charge in [0.25, 0.3) is 5.91 Å². The number of benzene rings is 1. The molecule has 1 unspecified atom stereocenters. The van der Waals surface area contributed by atoms with Crippen LogP contribution in [0.5, 0.6) is 0 Å². The molecule has 0 saturated heterocycles. The van der Waals surface area contributed by atoms with Crippen LogP contribution in [0.2, 0.25) is 0 Å². The highest BCUT2D eigenvalue weighted by Crippen LogP contribution is 2.65. The maximum absolute atomic E-state index is 13.2. The first-order valence-corrected chi connectivity index (χ1v) is 13.3. The monoisotopic (exact) mass is 437 g/mol. The van der Waals surface area contributed by atoms with Crippen LogP contribution in [0.15, 0.2) is 30.3 Å². The summed E-state index contributed by atoms with van der Waals surface area (Å²) >= 11 is 0. The van der Waals surface area contributed by atoms with E-state index in [9.17, 15) is 9.90 Å². The second-order valence-corrected chi connectivity index (χ2v) is 12.4. The largest absolute Gasteiger partial charge is 0.390 e. The molecule has 4 aliphatic rings. The molecule has 0 bridgehead atoms. The van der Waals surface area contributed by atoms with Crippen molar-refractivity contribution in [2.75, 3.05) is 7.05 Å². The van der Waals surface area contributed by atoms with Crippen molar-refractivity contribution >= 4 is 5.91 Å². The molecule has 4 aliphatic carbocycles. The van der Waals surface area contributed by atoms with Crippen LogP contribution < -0.4 is 0 Å². The average Bonchev–Trinajstić information content (AvgIpc) is 3.14. The van der Waals surface area contributed by atoms with E-state index in [2.05, 4.69) is 20.8 Å². The van der Waals surface area contributed by atoms with E-state index in [1.54, 1.807) is 0 Å². The predicted molar refractivity (Wildman–Crippen MR) is 129 cm³/mol. The second-order valence-electron chi connectivity index (χ2n) is 12.4. The van der Waals surface area contributed by atoms with E-state index >= 15 is 0 Å². The van der Waals surface area contributed by atoms with Crippen LogP contribution >= 0.6 is 0 Å². The summed E-state index contributed by atoms with van der Waals surface area (Å²) in [5.41, 5.74) is 0.733. The maximum Gasteiger partial charge on any atom is 0.253 e. The molecule has 3 heteroatoms. The fraction of sp³-hybridized carbons (Fsp3) is 0.759. The summed E-state index contributed by atoms with van der Waals surface area (Å²) in [6.45, 7) is 6.93. The van der Waals surface area contributed by atoms with Crippen LogP contribution in [0.1, 0.15) is 88.9 Å². The number of carbonyl (C=O) groups is 1. The molecule has 0 aliphatic heterocycles. The lowest BCUT2D eigenvalue weighted by Crippen LogP contribution is -2.52. The third kappa shape index (κ3) is 3.63. The van der Waals surface area contributed by atoms with E-state index < -0.39 is 5.60 Å². The Kier molecular flexibility index (Phi) is 5.72. The zero-order valence-corrected chi connectivity index (χ0v) is 20.6. The van der Waals surface area contributed by atoms with E-state index in [1.807, 2.05) is 42.3 Å². The highest BCUT2D eigenvalue weighted by Gasteiger charge is 2.58. The summed E-state index contributed by atoms with van der Waals surface area (Å²) in [7, 11) is 2.02. The molecule has 176 valence electrons. The van der Waals surface area contributed by atoms with Gasteiger partial charge in [0, 0.05) is 18.7 Å². The van der Waals surface area contributed by atoms with Gasteiger partial charge in [-0.25, -0.2) is 0 Å². The number of hydrogen-bond acceptors (Lipinski definition) is 2. The van der Waals surface area contributed by atoms with Gasteiger partial charge in [-0.15, -0.1) is 0 Å². The van der Waals surface area contributed by atoms with Gasteiger partial charge in [-0.1, -0.05) is 25.1 Å². The molecule has 1 aromatic carbocycles. The Balaban J connectivity index is 1.31. The molecule has 1 N–H and O–H groups in total. The van der Waals surface area contributed by atoms with Crippen LogP contribution in [-0.4, -0.2) is 34.6 Å². The average molecular weight is 438 g/mol. The molecular weight excluding hydrogens is 394 g/mol. The van der Waals surface area contributed by atoms with Crippen molar-refractivity contribution in [3.05, 3.63) is 35.9 Å². The minimum Gasteiger partial charge on any atom is -0.390 e. The molecular formula is C29H43NO2. The van der Waals surface area contributed by atoms with Crippen LogP contribution in [0.4, 0.5) is 0 Å². The molecule has 0 spiro atoms. The van der Waals surface area contributed by atoms with E-state index in [-0.39, 0.29) is 11.9 Å². The molecule has 4 saturated carbocycles. The summed E-state index contributed by atoms with van der Waals surface area (Å²) < 4.78 is 0. The van der Waals surface area contributed by atoms with Gasteiger partial charge in [0.1, 0.15) is 0 Å². The topological polar surface area (TPSA) is 40.5 Å². The summed E-state index contributed by atoms with van der Waals surface area (Å²) in [6, 6.07) is 10.0. The molecule has 5 rings (SSSR count). The molecule has 0 radical (unpaired) electrons. The summed E-state index contributed by atoms with van der Waals surface area (Å²) in [5, 5.41) is 10.6. The van der Waals surface area contributed by atoms with Gasteiger partial charge in [0.2, 0.25) is 0 Å². The summed E-state index contributed by atoms with van der Waals surface area (Å²) in [5.74, 6) is 4.90. The maximum atomic E-state index is 13.2. The van der Waals surface area contributed by atoms with E-state index in [1.165, 1.54) is 44.9 Å². The Morgan fingerprint density at radius 1 is 0.969 bits per heavy atom. The molecule has 32 heavy (non-hydrogen) atoms. The lowest BCUT2D eigenvalue weighted by atomic mass is 9.48.